The first-order valence-corrected chi connectivity index (χ1v) is 10.7. The SMILES string of the molecule is COC1=CC[C@@H]2C3Cc4ccc(C)c5c4[C@]2(CCN3C(=O)Oc2ccccc2)[C@@H]1O5. The monoisotopic (exact) mass is 403 g/mol. The van der Waals surface area contributed by atoms with Gasteiger partial charge in [0.05, 0.1) is 12.5 Å². The van der Waals surface area contributed by atoms with Crippen molar-refractivity contribution in [3.63, 3.8) is 0 Å². The summed E-state index contributed by atoms with van der Waals surface area (Å²) in [5.74, 6) is 2.85. The summed E-state index contributed by atoms with van der Waals surface area (Å²) in [5, 5.41) is 0. The zero-order chi connectivity index (χ0) is 20.5. The Hall–Kier alpha value is -2.95. The van der Waals surface area contributed by atoms with Gasteiger partial charge in [0.1, 0.15) is 17.3 Å². The fourth-order valence-corrected chi connectivity index (χ4v) is 6.34. The van der Waals surface area contributed by atoms with E-state index in [9.17, 15) is 4.79 Å². The Labute approximate surface area is 176 Å². The van der Waals surface area contributed by atoms with Crippen LogP contribution in [-0.4, -0.2) is 36.8 Å². The van der Waals surface area contributed by atoms with Crippen LogP contribution in [0.3, 0.4) is 0 Å². The Morgan fingerprint density at radius 2 is 2.03 bits per heavy atom. The average molecular weight is 403 g/mol. The molecule has 5 heteroatoms. The first kappa shape index (κ1) is 17.9. The number of ether oxygens (including phenoxy) is 3. The van der Waals surface area contributed by atoms with Gasteiger partial charge in [-0.05, 0) is 61.4 Å². The smallest absolute Gasteiger partial charge is 0.415 e. The van der Waals surface area contributed by atoms with E-state index in [1.807, 2.05) is 35.2 Å². The summed E-state index contributed by atoms with van der Waals surface area (Å²) in [6.07, 6.45) is 4.38. The van der Waals surface area contributed by atoms with Crippen LogP contribution in [0.1, 0.15) is 29.5 Å². The molecular weight excluding hydrogens is 378 g/mol. The number of rotatable bonds is 2. The van der Waals surface area contributed by atoms with Crippen molar-refractivity contribution in [1.29, 1.82) is 0 Å². The molecule has 2 aromatic rings. The van der Waals surface area contributed by atoms with Crippen molar-refractivity contribution in [2.75, 3.05) is 13.7 Å². The Balaban J connectivity index is 1.43. The van der Waals surface area contributed by atoms with Gasteiger partial charge in [0.2, 0.25) is 0 Å². The molecule has 4 aliphatic rings. The summed E-state index contributed by atoms with van der Waals surface area (Å²) >= 11 is 0. The number of aryl methyl sites for hydroxylation is 1. The van der Waals surface area contributed by atoms with Crippen LogP contribution in [0.4, 0.5) is 4.79 Å². The zero-order valence-electron chi connectivity index (χ0n) is 17.3. The topological polar surface area (TPSA) is 48.0 Å². The molecule has 6 rings (SSSR count). The lowest BCUT2D eigenvalue weighted by Gasteiger charge is -2.56. The number of methoxy groups -OCH3 is 1. The molecule has 2 aliphatic carbocycles. The maximum Gasteiger partial charge on any atom is 0.415 e. The quantitative estimate of drug-likeness (QED) is 0.747. The number of amides is 1. The Bertz CT molecular complexity index is 1060. The Morgan fingerprint density at radius 1 is 1.20 bits per heavy atom. The van der Waals surface area contributed by atoms with Gasteiger partial charge in [-0.2, -0.15) is 0 Å². The standard InChI is InChI=1S/C25H25NO4/c1-15-8-9-16-14-19-18-10-11-20(28-2)23-25(18,21(16)22(15)30-23)12-13-26(19)24(27)29-17-6-4-3-5-7-17/h3-9,11,18-19,23H,10,12-14H2,1-2H3/t18-,19?,23-,25-/m1/s1. The van der Waals surface area contributed by atoms with Crippen LogP contribution in [0.2, 0.25) is 0 Å². The second-order valence-electron chi connectivity index (χ2n) is 8.83. The maximum atomic E-state index is 13.2. The number of benzene rings is 2. The highest BCUT2D eigenvalue weighted by molar-refractivity contribution is 5.72. The second kappa shape index (κ2) is 6.27. The van der Waals surface area contributed by atoms with E-state index in [0.29, 0.717) is 18.2 Å². The Kier molecular flexibility index (Phi) is 3.74. The van der Waals surface area contributed by atoms with E-state index in [1.165, 1.54) is 16.7 Å². The largest absolute Gasteiger partial charge is 0.497 e. The van der Waals surface area contributed by atoms with Gasteiger partial charge in [0.25, 0.3) is 0 Å². The van der Waals surface area contributed by atoms with E-state index in [4.69, 9.17) is 14.2 Å². The van der Waals surface area contributed by atoms with Crippen LogP contribution in [0.25, 0.3) is 0 Å². The van der Waals surface area contributed by atoms with E-state index >= 15 is 0 Å². The first-order valence-electron chi connectivity index (χ1n) is 10.7. The third-order valence-corrected chi connectivity index (χ3v) is 7.58. The lowest BCUT2D eigenvalue weighted by molar-refractivity contribution is -0.0270. The van der Waals surface area contributed by atoms with Gasteiger partial charge in [0.15, 0.2) is 6.10 Å². The lowest BCUT2D eigenvalue weighted by atomic mass is 9.53. The molecule has 2 heterocycles. The molecule has 0 saturated carbocycles. The zero-order valence-corrected chi connectivity index (χ0v) is 17.3. The summed E-state index contributed by atoms with van der Waals surface area (Å²) in [4.78, 5) is 15.1. The van der Waals surface area contributed by atoms with Crippen molar-refractivity contribution in [2.45, 2.75) is 43.7 Å². The van der Waals surface area contributed by atoms with Crippen LogP contribution < -0.4 is 9.47 Å². The minimum Gasteiger partial charge on any atom is -0.497 e. The van der Waals surface area contributed by atoms with Crippen molar-refractivity contribution in [2.24, 2.45) is 5.92 Å². The summed E-state index contributed by atoms with van der Waals surface area (Å²) in [7, 11) is 1.73. The number of nitrogens with zero attached hydrogens (tertiary/aromatic N) is 1. The normalized spacial score (nSPS) is 30.1. The fraction of sp³-hybridized carbons (Fsp3) is 0.400. The highest BCUT2D eigenvalue weighted by Crippen LogP contribution is 2.62. The molecule has 2 aliphatic heterocycles. The molecule has 1 amide bonds. The minimum absolute atomic E-state index is 0.0943. The van der Waals surface area contributed by atoms with E-state index in [0.717, 1.165) is 30.8 Å². The van der Waals surface area contributed by atoms with E-state index in [-0.39, 0.29) is 23.7 Å². The van der Waals surface area contributed by atoms with Crippen molar-refractivity contribution in [1.82, 2.24) is 4.90 Å². The van der Waals surface area contributed by atoms with Crippen LogP contribution in [0.5, 0.6) is 11.5 Å². The number of likely N-dealkylation sites (tertiary alicyclic amines) is 1. The predicted molar refractivity (Wildman–Crippen MR) is 112 cm³/mol. The molecule has 1 saturated heterocycles. The van der Waals surface area contributed by atoms with Gasteiger partial charge in [-0.1, -0.05) is 30.3 Å². The molecule has 0 aromatic heterocycles. The molecule has 4 atom stereocenters. The van der Waals surface area contributed by atoms with Crippen LogP contribution >= 0.6 is 0 Å². The lowest BCUT2D eigenvalue weighted by Crippen LogP contribution is -2.65. The first-order chi connectivity index (χ1) is 14.6. The number of hydrogen-bond donors (Lipinski definition) is 0. The van der Waals surface area contributed by atoms with Gasteiger partial charge < -0.3 is 19.1 Å². The number of piperidine rings is 1. The van der Waals surface area contributed by atoms with Crippen molar-refractivity contribution < 1.29 is 19.0 Å². The number of para-hydroxylation sites is 1. The minimum atomic E-state index is -0.256. The maximum absolute atomic E-state index is 13.2. The van der Waals surface area contributed by atoms with E-state index < -0.39 is 0 Å². The number of carbonyl (C=O) groups is 1. The Morgan fingerprint density at radius 3 is 2.83 bits per heavy atom. The fourth-order valence-electron chi connectivity index (χ4n) is 6.34. The van der Waals surface area contributed by atoms with Gasteiger partial charge in [-0.3, -0.25) is 0 Å². The molecule has 5 nitrogen and oxygen atoms in total. The van der Waals surface area contributed by atoms with E-state index in [2.05, 4.69) is 25.1 Å². The number of carbonyl (C=O) groups excluding carboxylic acids is 1. The van der Waals surface area contributed by atoms with Crippen LogP contribution in [-0.2, 0) is 16.6 Å². The molecule has 2 aromatic carbocycles. The van der Waals surface area contributed by atoms with Gasteiger partial charge in [-0.15, -0.1) is 0 Å². The molecule has 0 N–H and O–H groups in total. The summed E-state index contributed by atoms with van der Waals surface area (Å²) in [6.45, 7) is 2.78. The van der Waals surface area contributed by atoms with Crippen molar-refractivity contribution in [3.8, 4) is 11.5 Å². The number of hydrogen-bond acceptors (Lipinski definition) is 4. The van der Waals surface area contributed by atoms with Crippen LogP contribution in [0, 0.1) is 12.8 Å². The third kappa shape index (κ3) is 2.21. The highest BCUT2D eigenvalue weighted by atomic mass is 16.6. The molecule has 1 unspecified atom stereocenters. The van der Waals surface area contributed by atoms with Crippen molar-refractivity contribution in [3.05, 3.63) is 71.0 Å². The van der Waals surface area contributed by atoms with Gasteiger partial charge >= 0.3 is 6.09 Å². The molecule has 154 valence electrons. The number of allylic oxidation sites excluding steroid dienone is 1. The summed E-state index contributed by atoms with van der Waals surface area (Å²) in [5.41, 5.74) is 3.72. The molecule has 2 bridgehead atoms. The predicted octanol–water partition coefficient (Wildman–Crippen LogP) is 4.37. The second-order valence-corrected chi connectivity index (χ2v) is 8.83. The molecule has 1 spiro atoms. The van der Waals surface area contributed by atoms with Gasteiger partial charge in [-0.25, -0.2) is 4.79 Å². The van der Waals surface area contributed by atoms with Crippen LogP contribution in [0.15, 0.2) is 54.3 Å². The highest BCUT2D eigenvalue weighted by Gasteiger charge is 2.65. The van der Waals surface area contributed by atoms with E-state index in [1.54, 1.807) is 7.11 Å². The molecule has 0 radical (unpaired) electrons. The average Bonchev–Trinajstić information content (AvgIpc) is 3.11. The summed E-state index contributed by atoms with van der Waals surface area (Å²) < 4.78 is 18.1. The molecular formula is C25H25NO4. The summed E-state index contributed by atoms with van der Waals surface area (Å²) in [6, 6.07) is 13.8. The van der Waals surface area contributed by atoms with Crippen molar-refractivity contribution >= 4 is 6.09 Å². The molecule has 30 heavy (non-hydrogen) atoms. The molecule has 1 fully saturated rings. The third-order valence-electron chi connectivity index (χ3n) is 7.58. The van der Waals surface area contributed by atoms with Gasteiger partial charge in [0, 0.05) is 18.2 Å².